The van der Waals surface area contributed by atoms with Crippen LogP contribution in [0.3, 0.4) is 0 Å². The van der Waals surface area contributed by atoms with Gasteiger partial charge in [-0.25, -0.2) is 0 Å². The number of carbonyl (C=O) groups is 1. The van der Waals surface area contributed by atoms with Crippen LogP contribution in [0.25, 0.3) is 0 Å². The summed E-state index contributed by atoms with van der Waals surface area (Å²) in [6, 6.07) is 0.372. The van der Waals surface area contributed by atoms with E-state index >= 15 is 0 Å². The third-order valence-corrected chi connectivity index (χ3v) is 7.29. The Morgan fingerprint density at radius 3 is 3.05 bits per heavy atom. The Kier molecular flexibility index (Phi) is 1.99. The van der Waals surface area contributed by atoms with E-state index in [0.717, 1.165) is 38.5 Å². The number of carbonyl (C=O) groups excluding carboxylic acids is 1. The zero-order valence-corrected chi connectivity index (χ0v) is 12.5. The van der Waals surface area contributed by atoms with Crippen molar-refractivity contribution >= 4 is 5.78 Å². The summed E-state index contributed by atoms with van der Waals surface area (Å²) >= 11 is 0. The fraction of sp³-hybridized carbons (Fsp3) is 0.842. The maximum atomic E-state index is 11.9. The second-order valence-corrected chi connectivity index (χ2v) is 7.99. The van der Waals surface area contributed by atoms with Gasteiger partial charge in [-0.2, -0.15) is 0 Å². The molecule has 0 amide bonds. The summed E-state index contributed by atoms with van der Waals surface area (Å²) in [6.45, 7) is 0.292. The number of hydrogen-bond acceptors (Lipinski definition) is 1. The van der Waals surface area contributed by atoms with Gasteiger partial charge in [0.2, 0.25) is 0 Å². The average molecular weight is 276 g/mol. The number of ketones is 1. The lowest BCUT2D eigenvalue weighted by atomic mass is 9.45. The lowest BCUT2D eigenvalue weighted by molar-refractivity contribution is -0.136. The molecule has 0 heterocycles. The molecule has 0 aromatic carbocycles. The molecule has 0 spiro atoms. The number of rotatable bonds is 0. The molecule has 4 aliphatic carbocycles. The van der Waals surface area contributed by atoms with Crippen molar-refractivity contribution in [3.63, 3.8) is 0 Å². The SMILES string of the molecule is [2H]C1=CC[C@H]2[C@@H]3CC[C@H]4CC(=O)CC[C@]4(C)[C@H]3CC[C@]12C([2H])([2H])[2H]. The lowest BCUT2D eigenvalue weighted by Crippen LogP contribution is -2.52. The van der Waals surface area contributed by atoms with Gasteiger partial charge in [0.15, 0.2) is 0 Å². The summed E-state index contributed by atoms with van der Waals surface area (Å²) in [7, 11) is 0. The minimum absolute atomic E-state index is 0.103. The zero-order chi connectivity index (χ0) is 17.3. The summed E-state index contributed by atoms with van der Waals surface area (Å²) in [6.07, 6.45) is 8.70. The van der Waals surface area contributed by atoms with E-state index in [2.05, 4.69) is 6.92 Å². The van der Waals surface area contributed by atoms with Crippen LogP contribution in [0.5, 0.6) is 0 Å². The van der Waals surface area contributed by atoms with Gasteiger partial charge >= 0.3 is 0 Å². The molecule has 0 aromatic rings. The highest BCUT2D eigenvalue weighted by molar-refractivity contribution is 5.79. The molecule has 20 heavy (non-hydrogen) atoms. The van der Waals surface area contributed by atoms with Crippen molar-refractivity contribution in [1.29, 1.82) is 0 Å². The molecule has 110 valence electrons. The largest absolute Gasteiger partial charge is 0.300 e. The van der Waals surface area contributed by atoms with Crippen LogP contribution in [0, 0.1) is 34.5 Å². The summed E-state index contributed by atoms with van der Waals surface area (Å²) in [4.78, 5) is 11.9. The first-order chi connectivity index (χ1) is 11.2. The Morgan fingerprint density at radius 1 is 1.30 bits per heavy atom. The molecule has 3 fully saturated rings. The van der Waals surface area contributed by atoms with Crippen molar-refractivity contribution in [3.8, 4) is 0 Å². The van der Waals surface area contributed by atoms with Crippen molar-refractivity contribution in [2.45, 2.75) is 65.1 Å². The van der Waals surface area contributed by atoms with Crippen LogP contribution in [0.15, 0.2) is 12.1 Å². The lowest BCUT2D eigenvalue weighted by Gasteiger charge is -2.59. The molecule has 1 heteroatoms. The minimum Gasteiger partial charge on any atom is -0.300 e. The van der Waals surface area contributed by atoms with E-state index in [1.165, 1.54) is 0 Å². The Labute approximate surface area is 128 Å². The van der Waals surface area contributed by atoms with Gasteiger partial charge in [0.25, 0.3) is 0 Å². The molecule has 0 unspecified atom stereocenters. The van der Waals surface area contributed by atoms with E-state index in [-0.39, 0.29) is 11.3 Å². The third kappa shape index (κ3) is 1.64. The zero-order valence-electron chi connectivity index (χ0n) is 16.5. The van der Waals surface area contributed by atoms with Gasteiger partial charge < -0.3 is 0 Å². The van der Waals surface area contributed by atoms with Gasteiger partial charge in [0.1, 0.15) is 5.78 Å². The van der Waals surface area contributed by atoms with Crippen molar-refractivity contribution in [1.82, 2.24) is 0 Å². The van der Waals surface area contributed by atoms with E-state index in [1.807, 2.05) is 6.08 Å². The number of Topliss-reactive ketones (excluding diaryl/α,β-unsaturated/α-hetero) is 1. The van der Waals surface area contributed by atoms with Gasteiger partial charge in [-0.05, 0) is 73.0 Å². The molecule has 0 saturated heterocycles. The van der Waals surface area contributed by atoms with Crippen molar-refractivity contribution in [2.24, 2.45) is 34.5 Å². The molecular weight excluding hydrogens is 244 g/mol. The quantitative estimate of drug-likeness (QED) is 0.583. The Morgan fingerprint density at radius 2 is 2.20 bits per heavy atom. The third-order valence-electron chi connectivity index (χ3n) is 7.29. The van der Waals surface area contributed by atoms with E-state index < -0.39 is 12.3 Å². The molecule has 0 bridgehead atoms. The Hall–Kier alpha value is -0.590. The Balaban J connectivity index is 1.69. The van der Waals surface area contributed by atoms with Crippen molar-refractivity contribution in [3.05, 3.63) is 12.1 Å². The van der Waals surface area contributed by atoms with Gasteiger partial charge in [-0.3, -0.25) is 4.79 Å². The van der Waals surface area contributed by atoms with Gasteiger partial charge in [0, 0.05) is 17.0 Å². The van der Waals surface area contributed by atoms with Crippen molar-refractivity contribution in [2.75, 3.05) is 0 Å². The molecule has 0 aliphatic heterocycles. The van der Waals surface area contributed by atoms with Gasteiger partial charge in [0.05, 0.1) is 1.37 Å². The molecule has 0 N–H and O–H groups in total. The molecule has 3 saturated carbocycles. The summed E-state index contributed by atoms with van der Waals surface area (Å²) in [5.41, 5.74) is -0.704. The minimum atomic E-state index is -2.08. The van der Waals surface area contributed by atoms with Crippen LogP contribution in [-0.2, 0) is 4.79 Å². The molecule has 4 rings (SSSR count). The first-order valence-corrected chi connectivity index (χ1v) is 8.39. The van der Waals surface area contributed by atoms with E-state index in [9.17, 15) is 4.79 Å². The van der Waals surface area contributed by atoms with Crippen LogP contribution in [-0.4, -0.2) is 5.78 Å². The number of fused-ring (bicyclic) bond motifs is 5. The van der Waals surface area contributed by atoms with E-state index in [4.69, 9.17) is 5.48 Å². The first kappa shape index (κ1) is 9.43. The number of hydrogen-bond donors (Lipinski definition) is 0. The molecule has 1 nitrogen and oxygen atoms in total. The highest BCUT2D eigenvalue weighted by Crippen LogP contribution is 2.64. The molecule has 0 radical (unpaired) electrons. The van der Waals surface area contributed by atoms with Crippen LogP contribution in [0.1, 0.15) is 70.6 Å². The van der Waals surface area contributed by atoms with Crippen molar-refractivity contribution < 1.29 is 10.3 Å². The summed E-state index contributed by atoms with van der Waals surface area (Å²) < 4.78 is 32.9. The van der Waals surface area contributed by atoms with Gasteiger partial charge in [-0.1, -0.05) is 25.9 Å². The van der Waals surface area contributed by atoms with Gasteiger partial charge in [-0.15, -0.1) is 0 Å². The van der Waals surface area contributed by atoms with Crippen LogP contribution < -0.4 is 0 Å². The predicted molar refractivity (Wildman–Crippen MR) is 81.3 cm³/mol. The molecule has 0 aromatic heterocycles. The second-order valence-electron chi connectivity index (χ2n) is 7.99. The van der Waals surface area contributed by atoms with Crippen LogP contribution >= 0.6 is 0 Å². The maximum Gasteiger partial charge on any atom is 0.133 e. The number of allylic oxidation sites excluding steroid dienone is 2. The summed E-state index contributed by atoms with van der Waals surface area (Å²) in [5, 5.41) is 0. The average Bonchev–Trinajstić information content (AvgIpc) is 2.86. The molecular formula is C19H28O. The van der Waals surface area contributed by atoms with E-state index in [0.29, 0.717) is 42.4 Å². The standard InChI is InChI=1S/C19H28O/c1-18-9-3-4-16(18)15-6-5-13-12-14(20)7-11-19(13,2)17(15)8-10-18/h3,9,13,15-17H,4-8,10-12H2,1-2H3/t13-,15-,16-,17-,18-,19-/m0/s1/i1D3,9D. The first-order valence-electron chi connectivity index (χ1n) is 10.4. The highest BCUT2D eigenvalue weighted by Gasteiger charge is 2.56. The topological polar surface area (TPSA) is 17.1 Å². The van der Waals surface area contributed by atoms with E-state index in [1.54, 1.807) is 0 Å². The predicted octanol–water partition coefficient (Wildman–Crippen LogP) is 4.76. The molecule has 4 aliphatic rings. The Bertz CT molecular complexity index is 595. The maximum absolute atomic E-state index is 11.9. The second kappa shape index (κ2) is 4.21. The smallest absolute Gasteiger partial charge is 0.133 e. The van der Waals surface area contributed by atoms with Crippen LogP contribution in [0.4, 0.5) is 0 Å². The molecule has 6 atom stereocenters. The van der Waals surface area contributed by atoms with Crippen LogP contribution in [0.2, 0.25) is 0 Å². The highest BCUT2D eigenvalue weighted by atomic mass is 16.1. The monoisotopic (exact) mass is 276 g/mol. The normalized spacial score (nSPS) is 58.2. The summed E-state index contributed by atoms with van der Waals surface area (Å²) in [5.74, 6) is 1.95. The fourth-order valence-corrected chi connectivity index (χ4v) is 6.11. The fourth-order valence-electron chi connectivity index (χ4n) is 6.11.